The average molecular weight is 481 g/mol. The number of allylic oxidation sites excluding steroid dienone is 3. The van der Waals surface area contributed by atoms with E-state index in [1.807, 2.05) is 6.08 Å². The van der Waals surface area contributed by atoms with E-state index in [4.69, 9.17) is 13.9 Å². The van der Waals surface area contributed by atoms with Gasteiger partial charge in [0.1, 0.15) is 8.07 Å². The summed E-state index contributed by atoms with van der Waals surface area (Å²) in [6.45, 7) is 16.6. The predicted molar refractivity (Wildman–Crippen MR) is 144 cm³/mol. The van der Waals surface area contributed by atoms with Crippen LogP contribution in [0.2, 0.25) is 31.7 Å². The van der Waals surface area contributed by atoms with E-state index in [0.29, 0.717) is 13.2 Å². The number of rotatable bonds is 11. The van der Waals surface area contributed by atoms with Gasteiger partial charge in [0.25, 0.3) is 0 Å². The van der Waals surface area contributed by atoms with Gasteiger partial charge in [-0.3, -0.25) is 0 Å². The van der Waals surface area contributed by atoms with Crippen molar-refractivity contribution in [2.45, 2.75) is 63.7 Å². The summed E-state index contributed by atoms with van der Waals surface area (Å²) in [6.07, 6.45) is 6.92. The predicted octanol–water partition coefficient (Wildman–Crippen LogP) is 6.10. The molecule has 1 atom stereocenters. The van der Waals surface area contributed by atoms with Crippen molar-refractivity contribution in [1.82, 2.24) is 0 Å². The molecule has 0 saturated carbocycles. The zero-order valence-corrected chi connectivity index (χ0v) is 23.0. The van der Waals surface area contributed by atoms with E-state index in [-0.39, 0.29) is 5.54 Å². The van der Waals surface area contributed by atoms with E-state index in [0.717, 1.165) is 25.0 Å². The molecule has 0 amide bonds. The Bertz CT molecular complexity index is 874. The molecule has 3 rings (SSSR count). The van der Waals surface area contributed by atoms with Gasteiger partial charge in [0.15, 0.2) is 5.79 Å². The topological polar surface area (TPSA) is 27.7 Å². The minimum absolute atomic E-state index is 0.168. The molecule has 5 heteroatoms. The van der Waals surface area contributed by atoms with Crippen LogP contribution in [0.15, 0.2) is 85.2 Å². The van der Waals surface area contributed by atoms with Gasteiger partial charge in [-0.2, -0.15) is 0 Å². The molecular weight excluding hydrogens is 440 g/mol. The van der Waals surface area contributed by atoms with Gasteiger partial charge in [-0.15, -0.1) is 6.58 Å². The van der Waals surface area contributed by atoms with Crippen LogP contribution in [0.25, 0.3) is 0 Å². The molecule has 0 radical (unpaired) electrons. The molecule has 1 aliphatic heterocycles. The Morgan fingerprint density at radius 2 is 1.45 bits per heavy atom. The largest absolute Gasteiger partial charge is 0.548 e. The molecule has 0 aromatic heterocycles. The minimum Gasteiger partial charge on any atom is -0.548 e. The smallest absolute Gasteiger partial charge is 0.241 e. The fourth-order valence-corrected chi connectivity index (χ4v) is 10.2. The maximum atomic E-state index is 6.88. The molecule has 178 valence electrons. The summed E-state index contributed by atoms with van der Waals surface area (Å²) < 4.78 is 19.2. The zero-order valence-electron chi connectivity index (χ0n) is 21.0. The normalized spacial score (nSPS) is 17.5. The van der Waals surface area contributed by atoms with E-state index < -0.39 is 22.2 Å². The number of hydrogen-bond donors (Lipinski definition) is 0. The van der Waals surface area contributed by atoms with Crippen LogP contribution in [0.3, 0.4) is 0 Å². The monoisotopic (exact) mass is 480 g/mol. The highest BCUT2D eigenvalue weighted by atomic mass is 28.4. The van der Waals surface area contributed by atoms with Gasteiger partial charge in [-0.25, -0.2) is 0 Å². The molecule has 1 unspecified atom stereocenters. The first kappa shape index (κ1) is 25.7. The van der Waals surface area contributed by atoms with Crippen LogP contribution in [-0.2, 0) is 13.9 Å². The van der Waals surface area contributed by atoms with E-state index in [2.05, 4.69) is 106 Å². The van der Waals surface area contributed by atoms with E-state index in [1.54, 1.807) is 0 Å². The standard InChI is InChI=1S/C28H40O3Si2/c1-7-8-11-20-26(31-32(3,4)5)27(23-28(2)29-21-22-30-28)33(6,24-16-12-9-13-17-24)25-18-14-10-15-19-25/h7,9-10,12-20,27H,1,8,11,21-23H2,2-6H3/b26-20-. The van der Waals surface area contributed by atoms with Crippen LogP contribution in [-0.4, -0.2) is 35.4 Å². The van der Waals surface area contributed by atoms with Crippen molar-refractivity contribution in [3.8, 4) is 0 Å². The molecule has 0 aliphatic carbocycles. The van der Waals surface area contributed by atoms with Crippen molar-refractivity contribution in [3.05, 3.63) is 85.2 Å². The lowest BCUT2D eigenvalue weighted by Gasteiger charge is -2.42. The van der Waals surface area contributed by atoms with Gasteiger partial charge in [0, 0.05) is 12.0 Å². The van der Waals surface area contributed by atoms with Crippen molar-refractivity contribution in [1.29, 1.82) is 0 Å². The maximum absolute atomic E-state index is 6.88. The summed E-state index contributed by atoms with van der Waals surface area (Å²) >= 11 is 0. The van der Waals surface area contributed by atoms with Crippen LogP contribution >= 0.6 is 0 Å². The van der Waals surface area contributed by atoms with Gasteiger partial charge in [0.2, 0.25) is 8.32 Å². The van der Waals surface area contributed by atoms with Gasteiger partial charge < -0.3 is 13.9 Å². The van der Waals surface area contributed by atoms with Crippen LogP contribution in [0, 0.1) is 0 Å². The molecule has 1 heterocycles. The summed E-state index contributed by atoms with van der Waals surface area (Å²) in [5, 5.41) is 2.80. The second-order valence-corrected chi connectivity index (χ2v) is 18.9. The minimum atomic E-state index is -2.33. The molecule has 33 heavy (non-hydrogen) atoms. The second kappa shape index (κ2) is 11.0. The summed E-state index contributed by atoms with van der Waals surface area (Å²) in [5.74, 6) is 0.501. The van der Waals surface area contributed by atoms with E-state index in [9.17, 15) is 0 Å². The molecule has 2 aromatic rings. The third kappa shape index (κ3) is 6.57. The summed E-state index contributed by atoms with van der Waals surface area (Å²) in [6, 6.07) is 22.0. The first-order valence-corrected chi connectivity index (χ1v) is 18.1. The third-order valence-electron chi connectivity index (χ3n) is 6.40. The molecule has 0 spiro atoms. The Labute approximate surface area is 202 Å². The van der Waals surface area contributed by atoms with Crippen LogP contribution in [0.4, 0.5) is 0 Å². The number of ether oxygens (including phenoxy) is 2. The summed E-state index contributed by atoms with van der Waals surface area (Å²) in [7, 11) is -4.18. The van der Waals surface area contributed by atoms with Crippen LogP contribution in [0.5, 0.6) is 0 Å². The average Bonchev–Trinajstić information content (AvgIpc) is 3.23. The SMILES string of the molecule is C=CCC/C=C(\O[Si](C)(C)C)C(CC1(C)OCCO1)[Si](C)(c1ccccc1)c1ccccc1. The second-order valence-electron chi connectivity index (χ2n) is 10.2. The molecule has 0 bridgehead atoms. The lowest BCUT2D eigenvalue weighted by molar-refractivity contribution is -0.147. The highest BCUT2D eigenvalue weighted by Crippen LogP contribution is 2.42. The van der Waals surface area contributed by atoms with Crippen LogP contribution < -0.4 is 10.4 Å². The van der Waals surface area contributed by atoms with Crippen molar-refractivity contribution >= 4 is 26.8 Å². The fraction of sp³-hybridized carbons (Fsp3) is 0.429. The van der Waals surface area contributed by atoms with Gasteiger partial charge >= 0.3 is 0 Å². The Kier molecular flexibility index (Phi) is 8.56. The van der Waals surface area contributed by atoms with Crippen LogP contribution in [0.1, 0.15) is 26.2 Å². The fourth-order valence-electron chi connectivity index (χ4n) is 4.72. The number of unbranched alkanes of at least 4 members (excludes halogenated alkanes) is 1. The van der Waals surface area contributed by atoms with Gasteiger partial charge in [0.05, 0.1) is 19.0 Å². The first-order chi connectivity index (χ1) is 15.7. The highest BCUT2D eigenvalue weighted by molar-refractivity contribution is 7.02. The molecule has 1 aliphatic rings. The Morgan fingerprint density at radius 3 is 1.91 bits per heavy atom. The van der Waals surface area contributed by atoms with Crippen molar-refractivity contribution in [3.63, 3.8) is 0 Å². The lowest BCUT2D eigenvalue weighted by atomic mass is 10.1. The summed E-state index contributed by atoms with van der Waals surface area (Å²) in [5.41, 5.74) is 0.168. The summed E-state index contributed by atoms with van der Waals surface area (Å²) in [4.78, 5) is 0. The van der Waals surface area contributed by atoms with Crippen molar-refractivity contribution in [2.75, 3.05) is 13.2 Å². The number of hydrogen-bond acceptors (Lipinski definition) is 3. The highest BCUT2D eigenvalue weighted by Gasteiger charge is 2.48. The molecule has 1 fully saturated rings. The Hall–Kier alpha value is -1.93. The first-order valence-electron chi connectivity index (χ1n) is 12.1. The molecule has 2 aromatic carbocycles. The van der Waals surface area contributed by atoms with Gasteiger partial charge in [-0.1, -0.05) is 83.7 Å². The molecule has 3 nitrogen and oxygen atoms in total. The number of benzene rings is 2. The molecule has 0 N–H and O–H groups in total. The Balaban J connectivity index is 2.21. The third-order valence-corrected chi connectivity index (χ3v) is 12.2. The lowest BCUT2D eigenvalue weighted by Crippen LogP contribution is -2.61. The van der Waals surface area contributed by atoms with E-state index in [1.165, 1.54) is 10.4 Å². The molecule has 1 saturated heterocycles. The van der Waals surface area contributed by atoms with Gasteiger partial charge in [-0.05, 0) is 45.5 Å². The van der Waals surface area contributed by atoms with Crippen molar-refractivity contribution in [2.24, 2.45) is 0 Å². The van der Waals surface area contributed by atoms with Crippen molar-refractivity contribution < 1.29 is 13.9 Å². The quantitative estimate of drug-likeness (QED) is 0.168. The Morgan fingerprint density at radius 1 is 0.939 bits per heavy atom. The van der Waals surface area contributed by atoms with E-state index >= 15 is 0 Å². The molecular formula is C28H40O3Si2. The maximum Gasteiger partial charge on any atom is 0.241 e. The zero-order chi connectivity index (χ0) is 24.0.